The van der Waals surface area contributed by atoms with E-state index in [4.69, 9.17) is 10.8 Å². The maximum Gasteiger partial charge on any atom is 0.335 e. The number of piperidine rings is 1. The largest absolute Gasteiger partial charge is 0.478 e. The van der Waals surface area contributed by atoms with Crippen LogP contribution in [0.4, 0.5) is 0 Å². The van der Waals surface area contributed by atoms with Gasteiger partial charge in [0.2, 0.25) is 5.91 Å². The molecule has 0 saturated carbocycles. The molecular formula is C17H22N4O4. The van der Waals surface area contributed by atoms with Crippen LogP contribution in [-0.4, -0.2) is 53.0 Å². The maximum absolute atomic E-state index is 12.7. The summed E-state index contributed by atoms with van der Waals surface area (Å²) < 4.78 is 0. The second-order valence-corrected chi connectivity index (χ2v) is 6.63. The lowest BCUT2D eigenvalue weighted by Crippen LogP contribution is -2.47. The molecule has 1 aromatic carbocycles. The molecule has 2 fully saturated rings. The lowest BCUT2D eigenvalue weighted by atomic mass is 9.88. The molecule has 134 valence electrons. The molecule has 2 aliphatic rings. The first kappa shape index (κ1) is 17.4. The van der Waals surface area contributed by atoms with E-state index in [1.165, 1.54) is 12.1 Å². The highest BCUT2D eigenvalue weighted by Gasteiger charge is 2.36. The molecule has 0 aliphatic carbocycles. The number of nitrogens with two attached hydrogens (primary N) is 1. The van der Waals surface area contributed by atoms with Crippen molar-refractivity contribution in [3.63, 3.8) is 0 Å². The Morgan fingerprint density at radius 2 is 1.96 bits per heavy atom. The summed E-state index contributed by atoms with van der Waals surface area (Å²) >= 11 is 0. The Bertz CT molecular complexity index is 693. The van der Waals surface area contributed by atoms with Gasteiger partial charge in [-0.15, -0.1) is 0 Å². The second kappa shape index (κ2) is 7.20. The number of primary amides is 1. The second-order valence-electron chi connectivity index (χ2n) is 6.63. The normalized spacial score (nSPS) is 26.4. The SMILES string of the molecule is NC(=O)C1CC(C2CCCN(C(=O)c3cccc(C(=O)O)c3)C2)NN1. The van der Waals surface area contributed by atoms with Crippen molar-refractivity contribution in [2.24, 2.45) is 11.7 Å². The van der Waals surface area contributed by atoms with Crippen LogP contribution in [0, 0.1) is 5.92 Å². The summed E-state index contributed by atoms with van der Waals surface area (Å²) in [6, 6.07) is 5.79. The average Bonchev–Trinajstić information content (AvgIpc) is 3.12. The van der Waals surface area contributed by atoms with Crippen LogP contribution in [0.1, 0.15) is 40.0 Å². The number of carboxylic acid groups (broad SMARTS) is 1. The number of aromatic carboxylic acids is 1. The van der Waals surface area contributed by atoms with Gasteiger partial charge >= 0.3 is 5.97 Å². The van der Waals surface area contributed by atoms with Crippen LogP contribution < -0.4 is 16.6 Å². The van der Waals surface area contributed by atoms with Gasteiger partial charge in [-0.1, -0.05) is 6.07 Å². The molecule has 2 amide bonds. The zero-order valence-electron chi connectivity index (χ0n) is 13.8. The summed E-state index contributed by atoms with van der Waals surface area (Å²) in [5.74, 6) is -1.38. The molecule has 5 N–H and O–H groups in total. The van der Waals surface area contributed by atoms with Crippen molar-refractivity contribution >= 4 is 17.8 Å². The van der Waals surface area contributed by atoms with Crippen molar-refractivity contribution in [2.75, 3.05) is 13.1 Å². The number of amides is 2. The Labute approximate surface area is 145 Å². The van der Waals surface area contributed by atoms with Crippen LogP contribution in [0.5, 0.6) is 0 Å². The summed E-state index contributed by atoms with van der Waals surface area (Å²) in [6.45, 7) is 1.22. The highest BCUT2D eigenvalue weighted by Crippen LogP contribution is 2.25. The lowest BCUT2D eigenvalue weighted by Gasteiger charge is -2.35. The molecule has 3 unspecified atom stereocenters. The van der Waals surface area contributed by atoms with Crippen molar-refractivity contribution < 1.29 is 19.5 Å². The third-order valence-electron chi connectivity index (χ3n) is 4.95. The van der Waals surface area contributed by atoms with Crippen molar-refractivity contribution in [2.45, 2.75) is 31.3 Å². The third kappa shape index (κ3) is 3.80. The van der Waals surface area contributed by atoms with Crippen molar-refractivity contribution in [1.29, 1.82) is 0 Å². The molecule has 8 heteroatoms. The van der Waals surface area contributed by atoms with E-state index in [1.54, 1.807) is 17.0 Å². The lowest BCUT2D eigenvalue weighted by molar-refractivity contribution is -0.119. The number of rotatable bonds is 4. The molecule has 0 aromatic heterocycles. The molecule has 3 atom stereocenters. The van der Waals surface area contributed by atoms with Gasteiger partial charge in [0, 0.05) is 24.7 Å². The first-order chi connectivity index (χ1) is 12.0. The predicted molar refractivity (Wildman–Crippen MR) is 89.7 cm³/mol. The van der Waals surface area contributed by atoms with Gasteiger partial charge in [-0.05, 0) is 43.4 Å². The summed E-state index contributed by atoms with van der Waals surface area (Å²) in [5.41, 5.74) is 11.8. The van der Waals surface area contributed by atoms with Crippen LogP contribution in [0.15, 0.2) is 24.3 Å². The van der Waals surface area contributed by atoms with E-state index in [9.17, 15) is 14.4 Å². The Morgan fingerprint density at radius 3 is 2.64 bits per heavy atom. The van der Waals surface area contributed by atoms with Gasteiger partial charge in [-0.25, -0.2) is 10.2 Å². The standard InChI is InChI=1S/C17H22N4O4/c18-15(22)14-8-13(19-20-14)12-5-2-6-21(9-12)16(23)10-3-1-4-11(7-10)17(24)25/h1,3-4,7,12-14,19-20H,2,5-6,8-9H2,(H2,18,22)(H,24,25). The number of nitrogens with one attached hydrogen (secondary N) is 2. The van der Waals surface area contributed by atoms with Gasteiger partial charge in [0.1, 0.15) is 6.04 Å². The van der Waals surface area contributed by atoms with Gasteiger partial charge in [0.15, 0.2) is 0 Å². The smallest absolute Gasteiger partial charge is 0.335 e. The van der Waals surface area contributed by atoms with E-state index in [0.717, 1.165) is 12.8 Å². The topological polar surface area (TPSA) is 125 Å². The van der Waals surface area contributed by atoms with E-state index in [1.807, 2.05) is 0 Å². The minimum absolute atomic E-state index is 0.0819. The molecule has 0 spiro atoms. The fourth-order valence-electron chi connectivity index (χ4n) is 3.57. The molecule has 3 rings (SSSR count). The fraction of sp³-hybridized carbons (Fsp3) is 0.471. The van der Waals surface area contributed by atoms with Crippen LogP contribution in [0.3, 0.4) is 0 Å². The van der Waals surface area contributed by atoms with E-state index in [-0.39, 0.29) is 35.4 Å². The molecule has 0 bridgehead atoms. The predicted octanol–water partition coefficient (Wildman–Crippen LogP) is -0.0426. The van der Waals surface area contributed by atoms with E-state index in [0.29, 0.717) is 25.1 Å². The molecular weight excluding hydrogens is 324 g/mol. The fourth-order valence-corrected chi connectivity index (χ4v) is 3.57. The quantitative estimate of drug-likeness (QED) is 0.606. The number of carbonyl (C=O) groups is 3. The first-order valence-corrected chi connectivity index (χ1v) is 8.38. The molecule has 0 radical (unpaired) electrons. The van der Waals surface area contributed by atoms with E-state index < -0.39 is 5.97 Å². The van der Waals surface area contributed by atoms with Crippen LogP contribution in [-0.2, 0) is 4.79 Å². The summed E-state index contributed by atoms with van der Waals surface area (Å²) in [5, 5.41) is 9.08. The summed E-state index contributed by atoms with van der Waals surface area (Å²) in [6.07, 6.45) is 2.44. The van der Waals surface area contributed by atoms with Crippen molar-refractivity contribution in [1.82, 2.24) is 15.8 Å². The van der Waals surface area contributed by atoms with Crippen LogP contribution in [0.2, 0.25) is 0 Å². The maximum atomic E-state index is 12.7. The third-order valence-corrected chi connectivity index (χ3v) is 4.95. The Balaban J connectivity index is 1.67. The zero-order valence-corrected chi connectivity index (χ0v) is 13.8. The molecule has 2 saturated heterocycles. The Kier molecular flexibility index (Phi) is 5.00. The minimum atomic E-state index is -1.05. The molecule has 2 aliphatic heterocycles. The number of carboxylic acids is 1. The van der Waals surface area contributed by atoms with Gasteiger partial charge in [-0.3, -0.25) is 15.0 Å². The number of nitrogens with zero attached hydrogens (tertiary/aromatic N) is 1. The molecule has 8 nitrogen and oxygen atoms in total. The number of benzene rings is 1. The van der Waals surface area contributed by atoms with E-state index in [2.05, 4.69) is 10.9 Å². The van der Waals surface area contributed by atoms with Crippen molar-refractivity contribution in [3.8, 4) is 0 Å². The molecule has 1 aromatic rings. The summed E-state index contributed by atoms with van der Waals surface area (Å²) in [7, 11) is 0. The Hall–Kier alpha value is -2.45. The number of hydrazine groups is 1. The zero-order chi connectivity index (χ0) is 18.0. The van der Waals surface area contributed by atoms with Gasteiger partial charge in [0.25, 0.3) is 5.91 Å². The number of likely N-dealkylation sites (tertiary alicyclic amines) is 1. The molecule has 2 heterocycles. The van der Waals surface area contributed by atoms with Crippen LogP contribution in [0.25, 0.3) is 0 Å². The summed E-state index contributed by atoms with van der Waals surface area (Å²) in [4.78, 5) is 36.9. The highest BCUT2D eigenvalue weighted by molar-refractivity contribution is 5.97. The highest BCUT2D eigenvalue weighted by atomic mass is 16.4. The number of carbonyl (C=O) groups excluding carboxylic acids is 2. The van der Waals surface area contributed by atoms with Gasteiger partial charge in [0.05, 0.1) is 5.56 Å². The van der Waals surface area contributed by atoms with Crippen LogP contribution >= 0.6 is 0 Å². The monoisotopic (exact) mass is 346 g/mol. The van der Waals surface area contributed by atoms with Gasteiger partial charge in [-0.2, -0.15) is 0 Å². The number of hydrogen-bond acceptors (Lipinski definition) is 5. The van der Waals surface area contributed by atoms with Gasteiger partial charge < -0.3 is 15.7 Å². The first-order valence-electron chi connectivity index (χ1n) is 8.38. The number of hydrogen-bond donors (Lipinski definition) is 4. The Morgan fingerprint density at radius 1 is 1.20 bits per heavy atom. The average molecular weight is 346 g/mol. The molecule has 25 heavy (non-hydrogen) atoms. The minimum Gasteiger partial charge on any atom is -0.478 e. The van der Waals surface area contributed by atoms with E-state index >= 15 is 0 Å². The van der Waals surface area contributed by atoms with Crippen molar-refractivity contribution in [3.05, 3.63) is 35.4 Å².